The number of ether oxygens (including phenoxy) is 5. The van der Waals surface area contributed by atoms with E-state index in [-0.39, 0.29) is 31.0 Å². The van der Waals surface area contributed by atoms with Gasteiger partial charge in [-0.05, 0) is 50.6 Å². The summed E-state index contributed by atoms with van der Waals surface area (Å²) in [6.45, 7) is 5.27. The molecule has 0 saturated carbocycles. The topological polar surface area (TPSA) is 115 Å². The molecule has 1 aliphatic heterocycles. The van der Waals surface area contributed by atoms with Gasteiger partial charge >= 0.3 is 11.9 Å². The van der Waals surface area contributed by atoms with Gasteiger partial charge in [-0.15, -0.1) is 0 Å². The summed E-state index contributed by atoms with van der Waals surface area (Å²) in [5.41, 5.74) is 1.48. The lowest BCUT2D eigenvalue weighted by Gasteiger charge is -2.26. The summed E-state index contributed by atoms with van der Waals surface area (Å²) < 4.78 is 29.4. The van der Waals surface area contributed by atoms with Crippen LogP contribution in [0.3, 0.4) is 0 Å². The van der Waals surface area contributed by atoms with Crippen molar-refractivity contribution in [1.29, 1.82) is 0 Å². The Balaban J connectivity index is 1.91. The molecule has 3 aromatic rings. The highest BCUT2D eigenvalue weighted by molar-refractivity contribution is 9.10. The maximum Gasteiger partial charge on any atom is 0.344 e. The van der Waals surface area contributed by atoms with E-state index in [0.29, 0.717) is 47.9 Å². The summed E-state index contributed by atoms with van der Waals surface area (Å²) in [5.74, 6) is 0.247. The smallest absolute Gasteiger partial charge is 0.344 e. The van der Waals surface area contributed by atoms with Gasteiger partial charge in [0, 0.05) is 10.0 Å². The van der Waals surface area contributed by atoms with Crippen molar-refractivity contribution >= 4 is 45.3 Å². The van der Waals surface area contributed by atoms with Gasteiger partial charge < -0.3 is 23.7 Å². The number of fused-ring (bicyclic) bond motifs is 1. The molecule has 0 unspecified atom stereocenters. The lowest BCUT2D eigenvalue weighted by molar-refractivity contribution is -0.145. The first-order valence-corrected chi connectivity index (χ1v) is 14.3. The molecule has 0 radical (unpaired) electrons. The number of carbonyl (C=O) groups excluding carboxylic acids is 2. The Labute approximate surface area is 248 Å². The molecule has 2 aromatic carbocycles. The molecular weight excluding hydrogens is 616 g/mol. The first-order valence-electron chi connectivity index (χ1n) is 12.7. The zero-order valence-corrected chi connectivity index (χ0v) is 25.6. The molecule has 10 nitrogen and oxygen atoms in total. The summed E-state index contributed by atoms with van der Waals surface area (Å²) in [6, 6.07) is 9.62. The number of halogens is 1. The molecule has 0 bridgehead atoms. The molecule has 0 amide bonds. The Morgan fingerprint density at radius 3 is 2.41 bits per heavy atom. The van der Waals surface area contributed by atoms with E-state index in [1.54, 1.807) is 63.2 Å². The Kier molecular flexibility index (Phi) is 9.66. The fourth-order valence-corrected chi connectivity index (χ4v) is 5.95. The molecule has 41 heavy (non-hydrogen) atoms. The molecule has 4 rings (SSSR count). The molecule has 2 heterocycles. The van der Waals surface area contributed by atoms with Crippen LogP contribution in [0, 0.1) is 0 Å². The van der Waals surface area contributed by atoms with Crippen molar-refractivity contribution < 1.29 is 33.3 Å². The second-order valence-corrected chi connectivity index (χ2v) is 10.5. The molecule has 12 heteroatoms. The Morgan fingerprint density at radius 1 is 1.05 bits per heavy atom. The number of aromatic nitrogens is 1. The average Bonchev–Trinajstić information content (AvgIpc) is 3.25. The molecule has 0 N–H and O–H groups in total. The first kappa shape index (κ1) is 30.1. The fourth-order valence-electron chi connectivity index (χ4n) is 4.38. The van der Waals surface area contributed by atoms with Gasteiger partial charge in [-0.2, -0.15) is 0 Å². The van der Waals surface area contributed by atoms with Crippen LogP contribution < -0.4 is 29.1 Å². The predicted octanol–water partition coefficient (Wildman–Crippen LogP) is 3.52. The maximum atomic E-state index is 14.0. The zero-order valence-electron chi connectivity index (χ0n) is 23.2. The number of nitrogens with zero attached hydrogens (tertiary/aromatic N) is 2. The molecule has 216 valence electrons. The quantitative estimate of drug-likeness (QED) is 0.308. The molecule has 0 saturated heterocycles. The largest absolute Gasteiger partial charge is 0.493 e. The van der Waals surface area contributed by atoms with Gasteiger partial charge in [-0.1, -0.05) is 45.5 Å². The van der Waals surface area contributed by atoms with Crippen molar-refractivity contribution in [2.45, 2.75) is 26.8 Å². The third kappa shape index (κ3) is 6.23. The van der Waals surface area contributed by atoms with Crippen molar-refractivity contribution in [3.63, 3.8) is 0 Å². The lowest BCUT2D eigenvalue weighted by atomic mass is 9.95. The van der Waals surface area contributed by atoms with Gasteiger partial charge in [0.1, 0.15) is 5.75 Å². The number of thiazole rings is 1. The number of methoxy groups -OCH3 is 2. The summed E-state index contributed by atoms with van der Waals surface area (Å²) in [5, 5.41) is 0. The third-order valence-electron chi connectivity index (χ3n) is 6.17. The fraction of sp³-hybridized carbons (Fsp3) is 0.310. The second-order valence-electron chi connectivity index (χ2n) is 8.66. The van der Waals surface area contributed by atoms with Crippen LogP contribution in [0.25, 0.3) is 6.08 Å². The summed E-state index contributed by atoms with van der Waals surface area (Å²) in [6.07, 6.45) is 1.68. The predicted molar refractivity (Wildman–Crippen MR) is 156 cm³/mol. The molecule has 1 aromatic heterocycles. The number of hydrogen-bond acceptors (Lipinski definition) is 10. The summed E-state index contributed by atoms with van der Waals surface area (Å²) in [7, 11) is 3.03. The number of hydrogen-bond donors (Lipinski definition) is 0. The third-order valence-corrected chi connectivity index (χ3v) is 7.84. The number of allylic oxidation sites excluding steroid dienone is 1. The second kappa shape index (κ2) is 13.2. The normalized spacial score (nSPS) is 14.7. The summed E-state index contributed by atoms with van der Waals surface area (Å²) in [4.78, 5) is 44.1. The minimum absolute atomic E-state index is 0.155. The highest BCUT2D eigenvalue weighted by Gasteiger charge is 2.35. The number of rotatable bonds is 10. The molecular formula is C29H29BrN2O8S. The zero-order chi connectivity index (χ0) is 29.7. The van der Waals surface area contributed by atoms with Crippen LogP contribution >= 0.6 is 27.3 Å². The van der Waals surface area contributed by atoms with Gasteiger partial charge in [0.25, 0.3) is 5.56 Å². The molecule has 0 spiro atoms. The maximum absolute atomic E-state index is 14.0. The minimum Gasteiger partial charge on any atom is -0.493 e. The molecule has 0 aliphatic carbocycles. The first-order chi connectivity index (χ1) is 19.7. The van der Waals surface area contributed by atoms with Crippen LogP contribution in [-0.2, 0) is 19.1 Å². The van der Waals surface area contributed by atoms with Crippen molar-refractivity contribution in [1.82, 2.24) is 4.57 Å². The van der Waals surface area contributed by atoms with E-state index in [9.17, 15) is 14.4 Å². The van der Waals surface area contributed by atoms with E-state index >= 15 is 0 Å². The van der Waals surface area contributed by atoms with Crippen molar-refractivity contribution in [2.75, 3.05) is 34.0 Å². The van der Waals surface area contributed by atoms with Crippen LogP contribution in [-0.4, -0.2) is 50.5 Å². The lowest BCUT2D eigenvalue weighted by Crippen LogP contribution is -2.40. The average molecular weight is 646 g/mol. The van der Waals surface area contributed by atoms with Gasteiger partial charge in [-0.3, -0.25) is 9.36 Å². The highest BCUT2D eigenvalue weighted by atomic mass is 79.9. The van der Waals surface area contributed by atoms with Crippen LogP contribution in [0.15, 0.2) is 61.9 Å². The number of benzene rings is 2. The Morgan fingerprint density at radius 2 is 1.73 bits per heavy atom. The van der Waals surface area contributed by atoms with Gasteiger partial charge in [0.05, 0.1) is 49.3 Å². The Bertz CT molecular complexity index is 1690. The van der Waals surface area contributed by atoms with Crippen LogP contribution in [0.1, 0.15) is 37.9 Å². The van der Waals surface area contributed by atoms with Crippen molar-refractivity contribution in [3.05, 3.63) is 83.0 Å². The van der Waals surface area contributed by atoms with Crippen molar-refractivity contribution in [3.8, 4) is 17.2 Å². The van der Waals surface area contributed by atoms with Crippen LogP contribution in [0.4, 0.5) is 0 Å². The van der Waals surface area contributed by atoms with Crippen molar-refractivity contribution in [2.24, 2.45) is 4.99 Å². The number of para-hydroxylation sites is 1. The van der Waals surface area contributed by atoms with Gasteiger partial charge in [0.2, 0.25) is 0 Å². The molecule has 0 fully saturated rings. The van der Waals surface area contributed by atoms with Gasteiger partial charge in [0.15, 0.2) is 22.9 Å². The van der Waals surface area contributed by atoms with Crippen LogP contribution in [0.5, 0.6) is 17.2 Å². The van der Waals surface area contributed by atoms with E-state index in [1.165, 1.54) is 30.1 Å². The highest BCUT2D eigenvalue weighted by Crippen LogP contribution is 2.40. The summed E-state index contributed by atoms with van der Waals surface area (Å²) >= 11 is 4.77. The van der Waals surface area contributed by atoms with Crippen LogP contribution in [0.2, 0.25) is 0 Å². The van der Waals surface area contributed by atoms with E-state index < -0.39 is 18.0 Å². The Hall–Kier alpha value is -3.90. The standard InChI is InChI=1S/C29H29BrN2O8S/c1-6-38-24(33)15-40-20-11-9-8-10-17(20)12-23-27(34)32-26(18-13-21(36-4)22(37-5)14-19(18)30)25(28(35)39-7-2)16(3)31-29(32)41-23/h8-14,26H,6-7,15H2,1-5H3/b23-12-/t26-/m0/s1. The van der Waals surface area contributed by atoms with E-state index in [2.05, 4.69) is 20.9 Å². The van der Waals surface area contributed by atoms with E-state index in [1.807, 2.05) is 0 Å². The van der Waals surface area contributed by atoms with E-state index in [4.69, 9.17) is 23.7 Å². The van der Waals surface area contributed by atoms with Gasteiger partial charge in [-0.25, -0.2) is 14.6 Å². The monoisotopic (exact) mass is 644 g/mol. The minimum atomic E-state index is -0.864. The SMILES string of the molecule is CCOC(=O)COc1ccccc1/C=c1\sc2n(c1=O)[C@@H](c1cc(OC)c(OC)cc1Br)C(C(=O)OCC)=C(C)N=2. The number of carbonyl (C=O) groups is 2. The van der Waals surface area contributed by atoms with E-state index in [0.717, 1.165) is 0 Å². The molecule has 1 aliphatic rings. The number of esters is 2. The molecule has 1 atom stereocenters.